The van der Waals surface area contributed by atoms with Crippen LogP contribution >= 0.6 is 0 Å². The maximum Gasteiger partial charge on any atom is 0.221 e. The molecule has 1 N–H and O–H groups in total. The maximum absolute atomic E-state index is 5.26. The number of methoxy groups -OCH3 is 1. The summed E-state index contributed by atoms with van der Waals surface area (Å²) >= 11 is 0. The minimum atomic E-state index is 0.281. The van der Waals surface area contributed by atoms with Gasteiger partial charge in [0.1, 0.15) is 0 Å². The van der Waals surface area contributed by atoms with E-state index in [0.29, 0.717) is 5.88 Å². The Morgan fingerprint density at radius 2 is 1.94 bits per heavy atom. The first kappa shape index (κ1) is 10.9. The molecular weight excluding hydrogens is 200 g/mol. The van der Waals surface area contributed by atoms with E-state index in [1.807, 2.05) is 31.4 Å². The number of hydrogen-bond acceptors (Lipinski definition) is 3. The van der Waals surface area contributed by atoms with E-state index in [4.69, 9.17) is 4.74 Å². The van der Waals surface area contributed by atoms with E-state index >= 15 is 0 Å². The van der Waals surface area contributed by atoms with Gasteiger partial charge in [-0.1, -0.05) is 18.2 Å². The molecule has 2 aromatic rings. The van der Waals surface area contributed by atoms with Crippen molar-refractivity contribution in [1.29, 1.82) is 0 Å². The second kappa shape index (κ2) is 4.49. The van der Waals surface area contributed by atoms with Gasteiger partial charge in [0, 0.05) is 17.6 Å². The molecule has 1 aromatic heterocycles. The van der Waals surface area contributed by atoms with Crippen LogP contribution in [-0.4, -0.2) is 19.1 Å². The average molecular weight is 216 g/mol. The van der Waals surface area contributed by atoms with E-state index in [1.54, 1.807) is 7.11 Å². The minimum Gasteiger partial charge on any atom is -0.481 e. The van der Waals surface area contributed by atoms with Crippen molar-refractivity contribution >= 4 is 10.8 Å². The Bertz CT molecular complexity index is 496. The number of nitrogens with zero attached hydrogens (tertiary/aromatic N) is 1. The molecule has 0 amide bonds. The van der Waals surface area contributed by atoms with Crippen LogP contribution in [0.5, 0.6) is 5.88 Å². The van der Waals surface area contributed by atoms with E-state index in [0.717, 1.165) is 5.39 Å². The van der Waals surface area contributed by atoms with Crippen LogP contribution in [0, 0.1) is 0 Å². The molecule has 2 rings (SSSR count). The molecular formula is C13H16N2O. The van der Waals surface area contributed by atoms with E-state index < -0.39 is 0 Å². The number of ether oxygens (including phenoxy) is 1. The summed E-state index contributed by atoms with van der Waals surface area (Å²) in [6, 6.07) is 8.45. The molecule has 0 spiro atoms. The molecule has 1 heterocycles. The van der Waals surface area contributed by atoms with Crippen molar-refractivity contribution in [3.63, 3.8) is 0 Å². The first-order valence-corrected chi connectivity index (χ1v) is 5.36. The van der Waals surface area contributed by atoms with Gasteiger partial charge in [0.05, 0.1) is 7.11 Å². The standard InChI is InChI=1S/C13H16N2O/c1-9(14-2)12-8-15-13(16-3)11-7-5-4-6-10(11)12/h4-9,14H,1-3H3. The summed E-state index contributed by atoms with van der Waals surface area (Å²) in [5.41, 5.74) is 1.19. The SMILES string of the molecule is CNC(C)c1cnc(OC)c2ccccc12. The zero-order valence-electron chi connectivity index (χ0n) is 9.82. The number of pyridine rings is 1. The van der Waals surface area contributed by atoms with E-state index in [2.05, 4.69) is 23.3 Å². The minimum absolute atomic E-state index is 0.281. The first-order chi connectivity index (χ1) is 7.77. The highest BCUT2D eigenvalue weighted by Gasteiger charge is 2.11. The van der Waals surface area contributed by atoms with Crippen LogP contribution < -0.4 is 10.1 Å². The Morgan fingerprint density at radius 1 is 1.25 bits per heavy atom. The number of aromatic nitrogens is 1. The Morgan fingerprint density at radius 3 is 2.56 bits per heavy atom. The van der Waals surface area contributed by atoms with Gasteiger partial charge in [-0.05, 0) is 31.0 Å². The van der Waals surface area contributed by atoms with Crippen molar-refractivity contribution in [2.45, 2.75) is 13.0 Å². The number of nitrogens with one attached hydrogen (secondary N) is 1. The maximum atomic E-state index is 5.26. The van der Waals surface area contributed by atoms with Gasteiger partial charge in [-0.15, -0.1) is 0 Å². The zero-order valence-corrected chi connectivity index (χ0v) is 9.82. The highest BCUT2D eigenvalue weighted by atomic mass is 16.5. The normalized spacial score (nSPS) is 12.7. The van der Waals surface area contributed by atoms with Gasteiger partial charge in [0.2, 0.25) is 5.88 Å². The first-order valence-electron chi connectivity index (χ1n) is 5.36. The van der Waals surface area contributed by atoms with Crippen LogP contribution in [-0.2, 0) is 0 Å². The molecule has 84 valence electrons. The quantitative estimate of drug-likeness (QED) is 0.856. The smallest absolute Gasteiger partial charge is 0.221 e. The fourth-order valence-corrected chi connectivity index (χ4v) is 1.85. The summed E-state index contributed by atoms with van der Waals surface area (Å²) in [4.78, 5) is 4.33. The fraction of sp³-hybridized carbons (Fsp3) is 0.308. The second-order valence-electron chi connectivity index (χ2n) is 3.78. The summed E-state index contributed by atoms with van der Waals surface area (Å²) in [7, 11) is 3.60. The van der Waals surface area contributed by atoms with Crippen LogP contribution in [0.4, 0.5) is 0 Å². The third-order valence-electron chi connectivity index (χ3n) is 2.88. The van der Waals surface area contributed by atoms with E-state index in [9.17, 15) is 0 Å². The van der Waals surface area contributed by atoms with Crippen LogP contribution in [0.15, 0.2) is 30.5 Å². The van der Waals surface area contributed by atoms with Crippen LogP contribution in [0.2, 0.25) is 0 Å². The van der Waals surface area contributed by atoms with Gasteiger partial charge in [-0.25, -0.2) is 4.98 Å². The largest absolute Gasteiger partial charge is 0.481 e. The van der Waals surface area contributed by atoms with Crippen molar-refractivity contribution in [2.75, 3.05) is 14.2 Å². The van der Waals surface area contributed by atoms with Crippen molar-refractivity contribution in [3.05, 3.63) is 36.0 Å². The Labute approximate surface area is 95.5 Å². The Kier molecular flexibility index (Phi) is 3.06. The Balaban J connectivity index is 2.69. The molecule has 0 aliphatic heterocycles. The lowest BCUT2D eigenvalue weighted by Crippen LogP contribution is -2.13. The third-order valence-corrected chi connectivity index (χ3v) is 2.88. The highest BCUT2D eigenvalue weighted by Crippen LogP contribution is 2.28. The number of fused-ring (bicyclic) bond motifs is 1. The predicted octanol–water partition coefficient (Wildman–Crippen LogP) is 2.52. The summed E-state index contributed by atoms with van der Waals surface area (Å²) in [6.45, 7) is 2.12. The molecule has 0 aliphatic rings. The number of benzene rings is 1. The lowest BCUT2D eigenvalue weighted by Gasteiger charge is -2.14. The second-order valence-corrected chi connectivity index (χ2v) is 3.78. The van der Waals surface area contributed by atoms with E-state index in [1.165, 1.54) is 10.9 Å². The molecule has 3 heteroatoms. The molecule has 0 bridgehead atoms. The predicted molar refractivity (Wildman–Crippen MR) is 65.8 cm³/mol. The molecule has 0 saturated carbocycles. The monoisotopic (exact) mass is 216 g/mol. The summed E-state index contributed by atoms with van der Waals surface area (Å²) in [5.74, 6) is 0.683. The molecule has 0 fully saturated rings. The zero-order chi connectivity index (χ0) is 11.5. The van der Waals surface area contributed by atoms with Crippen molar-refractivity contribution < 1.29 is 4.74 Å². The third kappa shape index (κ3) is 1.74. The lowest BCUT2D eigenvalue weighted by molar-refractivity contribution is 0.403. The van der Waals surface area contributed by atoms with Crippen LogP contribution in [0.1, 0.15) is 18.5 Å². The molecule has 1 aromatic carbocycles. The molecule has 1 atom stereocenters. The van der Waals surface area contributed by atoms with Gasteiger partial charge < -0.3 is 10.1 Å². The topological polar surface area (TPSA) is 34.2 Å². The van der Waals surface area contributed by atoms with Crippen molar-refractivity contribution in [1.82, 2.24) is 10.3 Å². The fourth-order valence-electron chi connectivity index (χ4n) is 1.85. The lowest BCUT2D eigenvalue weighted by atomic mass is 10.0. The van der Waals surface area contributed by atoms with Gasteiger partial charge in [-0.3, -0.25) is 0 Å². The number of hydrogen-bond donors (Lipinski definition) is 1. The van der Waals surface area contributed by atoms with Crippen molar-refractivity contribution in [2.24, 2.45) is 0 Å². The van der Waals surface area contributed by atoms with Gasteiger partial charge >= 0.3 is 0 Å². The van der Waals surface area contributed by atoms with Crippen LogP contribution in [0.25, 0.3) is 10.8 Å². The molecule has 3 nitrogen and oxygen atoms in total. The molecule has 0 radical (unpaired) electrons. The summed E-state index contributed by atoms with van der Waals surface area (Å²) < 4.78 is 5.26. The van der Waals surface area contributed by atoms with Gasteiger partial charge in [-0.2, -0.15) is 0 Å². The van der Waals surface area contributed by atoms with Crippen LogP contribution in [0.3, 0.4) is 0 Å². The van der Waals surface area contributed by atoms with Gasteiger partial charge in [0.25, 0.3) is 0 Å². The number of rotatable bonds is 3. The molecule has 0 saturated heterocycles. The van der Waals surface area contributed by atoms with Crippen molar-refractivity contribution in [3.8, 4) is 5.88 Å². The van der Waals surface area contributed by atoms with E-state index in [-0.39, 0.29) is 6.04 Å². The molecule has 0 aliphatic carbocycles. The molecule has 1 unspecified atom stereocenters. The highest BCUT2D eigenvalue weighted by molar-refractivity contribution is 5.89. The summed E-state index contributed by atoms with van der Waals surface area (Å²) in [5, 5.41) is 5.48. The molecule has 16 heavy (non-hydrogen) atoms. The average Bonchev–Trinajstić information content (AvgIpc) is 2.36. The summed E-state index contributed by atoms with van der Waals surface area (Å²) in [6.07, 6.45) is 1.88. The Hall–Kier alpha value is -1.61. The van der Waals surface area contributed by atoms with Gasteiger partial charge in [0.15, 0.2) is 0 Å².